The fraction of sp³-hybridized carbons (Fsp3) is 0.321. The molecule has 2 aromatic heterocycles. The molecule has 0 bridgehead atoms. The first-order valence-electron chi connectivity index (χ1n) is 12.6. The molecule has 0 amide bonds. The minimum absolute atomic E-state index is 0.234. The van der Waals surface area contributed by atoms with Gasteiger partial charge in [0.25, 0.3) is 0 Å². The lowest BCUT2D eigenvalue weighted by Gasteiger charge is -2.29. The number of nitrogen functional groups attached to an aromatic ring is 1. The second-order valence-corrected chi connectivity index (χ2v) is 14.1. The molecule has 1 fully saturated rings. The molecule has 4 aromatic rings. The lowest BCUT2D eigenvalue weighted by Crippen LogP contribution is -2.37. The van der Waals surface area contributed by atoms with Gasteiger partial charge in [0.1, 0.15) is 5.65 Å². The van der Waals surface area contributed by atoms with Crippen molar-refractivity contribution in [2.24, 2.45) is 0 Å². The standard InChI is InChI=1S/C28H32N4O4S2/c1-37(33,34)23-5-3-4-19(16-23)6-7-20-8-9-22(29)17-25(20)24-10-13-30-28-26(24)18-27(31-28)21-11-14-32(15-12-21)38(2,35)36/h3-5,8-10,13,16-18,21H,6-7,11-12,14-15,29H2,1-2H3,(H,30,31). The highest BCUT2D eigenvalue weighted by Gasteiger charge is 2.27. The average Bonchev–Trinajstić information content (AvgIpc) is 3.32. The van der Waals surface area contributed by atoms with Gasteiger partial charge >= 0.3 is 0 Å². The maximum absolute atomic E-state index is 12.0. The summed E-state index contributed by atoms with van der Waals surface area (Å²) >= 11 is 0. The molecule has 38 heavy (non-hydrogen) atoms. The number of sulfone groups is 1. The summed E-state index contributed by atoms with van der Waals surface area (Å²) in [4.78, 5) is 8.36. The third kappa shape index (κ3) is 5.62. The molecule has 200 valence electrons. The number of anilines is 1. The fourth-order valence-electron chi connectivity index (χ4n) is 5.27. The van der Waals surface area contributed by atoms with Gasteiger partial charge in [-0.15, -0.1) is 0 Å². The highest BCUT2D eigenvalue weighted by Crippen LogP contribution is 2.36. The van der Waals surface area contributed by atoms with E-state index in [0.717, 1.165) is 51.8 Å². The topological polar surface area (TPSA) is 126 Å². The lowest BCUT2D eigenvalue weighted by molar-refractivity contribution is 0.319. The minimum Gasteiger partial charge on any atom is -0.399 e. The van der Waals surface area contributed by atoms with Crippen molar-refractivity contribution >= 4 is 36.6 Å². The molecule has 0 atom stereocenters. The van der Waals surface area contributed by atoms with Crippen molar-refractivity contribution in [1.82, 2.24) is 14.3 Å². The molecule has 5 rings (SSSR count). The quantitative estimate of drug-likeness (QED) is 0.332. The number of nitrogens with two attached hydrogens (primary N) is 1. The van der Waals surface area contributed by atoms with Crippen LogP contribution in [0.5, 0.6) is 0 Å². The lowest BCUT2D eigenvalue weighted by atomic mass is 9.92. The molecule has 1 aliphatic rings. The Hall–Kier alpha value is -3.21. The molecular weight excluding hydrogens is 520 g/mol. The molecule has 3 heterocycles. The summed E-state index contributed by atoms with van der Waals surface area (Å²) in [6.45, 7) is 1.03. The number of hydrogen-bond acceptors (Lipinski definition) is 6. The van der Waals surface area contributed by atoms with E-state index in [4.69, 9.17) is 5.73 Å². The number of H-pyrrole nitrogens is 1. The number of nitrogens with one attached hydrogen (secondary N) is 1. The van der Waals surface area contributed by atoms with Crippen LogP contribution in [0.25, 0.3) is 22.2 Å². The predicted molar refractivity (Wildman–Crippen MR) is 151 cm³/mol. The zero-order valence-electron chi connectivity index (χ0n) is 21.5. The zero-order chi connectivity index (χ0) is 27.1. The number of fused-ring (bicyclic) bond motifs is 1. The minimum atomic E-state index is -3.27. The number of rotatable bonds is 7. The normalized spacial score (nSPS) is 15.7. The van der Waals surface area contributed by atoms with Crippen LogP contribution >= 0.6 is 0 Å². The summed E-state index contributed by atoms with van der Waals surface area (Å²) in [5.41, 5.74) is 12.8. The monoisotopic (exact) mass is 552 g/mol. The van der Waals surface area contributed by atoms with Gasteiger partial charge in [0.2, 0.25) is 10.0 Å². The summed E-state index contributed by atoms with van der Waals surface area (Å²) < 4.78 is 49.3. The smallest absolute Gasteiger partial charge is 0.211 e. The molecule has 2 aromatic carbocycles. The molecule has 1 saturated heterocycles. The van der Waals surface area contributed by atoms with Crippen LogP contribution in [0.3, 0.4) is 0 Å². The highest BCUT2D eigenvalue weighted by atomic mass is 32.2. The van der Waals surface area contributed by atoms with Crippen LogP contribution in [-0.2, 0) is 32.7 Å². The van der Waals surface area contributed by atoms with E-state index < -0.39 is 19.9 Å². The van der Waals surface area contributed by atoms with E-state index in [-0.39, 0.29) is 5.92 Å². The maximum Gasteiger partial charge on any atom is 0.211 e. The zero-order valence-corrected chi connectivity index (χ0v) is 23.1. The number of hydrogen-bond donors (Lipinski definition) is 2. The summed E-state index contributed by atoms with van der Waals surface area (Å²) in [5, 5.41) is 0.999. The van der Waals surface area contributed by atoms with Gasteiger partial charge in [-0.25, -0.2) is 26.1 Å². The van der Waals surface area contributed by atoms with Gasteiger partial charge < -0.3 is 10.7 Å². The van der Waals surface area contributed by atoms with Crippen LogP contribution in [0.2, 0.25) is 0 Å². The van der Waals surface area contributed by atoms with Gasteiger partial charge in [-0.05, 0) is 84.3 Å². The second-order valence-electron chi connectivity index (χ2n) is 10.1. The van der Waals surface area contributed by atoms with Gasteiger partial charge in [-0.1, -0.05) is 18.2 Å². The number of piperidine rings is 1. The van der Waals surface area contributed by atoms with Gasteiger partial charge in [0.15, 0.2) is 9.84 Å². The Balaban J connectivity index is 1.44. The Bertz CT molecular complexity index is 1700. The summed E-state index contributed by atoms with van der Waals surface area (Å²) in [5.74, 6) is 0.234. The van der Waals surface area contributed by atoms with Crippen molar-refractivity contribution in [2.75, 3.05) is 31.3 Å². The third-order valence-corrected chi connectivity index (χ3v) is 9.76. The van der Waals surface area contributed by atoms with Crippen LogP contribution in [-0.4, -0.2) is 56.7 Å². The van der Waals surface area contributed by atoms with Crippen molar-refractivity contribution in [3.8, 4) is 11.1 Å². The number of benzene rings is 2. The molecule has 8 nitrogen and oxygen atoms in total. The molecular formula is C28H32N4O4S2. The first-order valence-corrected chi connectivity index (χ1v) is 16.3. The van der Waals surface area contributed by atoms with Crippen LogP contribution in [0.15, 0.2) is 65.7 Å². The van der Waals surface area contributed by atoms with Gasteiger partial charge in [0, 0.05) is 48.2 Å². The van der Waals surface area contributed by atoms with Crippen LogP contribution < -0.4 is 5.73 Å². The number of pyridine rings is 1. The second kappa shape index (κ2) is 10.2. The molecule has 1 aliphatic heterocycles. The Kier molecular flexibility index (Phi) is 7.06. The third-order valence-electron chi connectivity index (χ3n) is 7.35. The SMILES string of the molecule is CS(=O)(=O)c1cccc(CCc2ccc(N)cc2-c2ccnc3[nH]c(C4CCN(S(C)(=O)=O)CC4)cc23)c1. The van der Waals surface area contributed by atoms with E-state index in [0.29, 0.717) is 36.5 Å². The number of nitrogens with zero attached hydrogens (tertiary/aromatic N) is 2. The Morgan fingerprint density at radius 2 is 1.71 bits per heavy atom. The Morgan fingerprint density at radius 1 is 0.947 bits per heavy atom. The number of sulfonamides is 1. The van der Waals surface area contributed by atoms with Gasteiger partial charge in [0.05, 0.1) is 11.2 Å². The van der Waals surface area contributed by atoms with E-state index in [1.54, 1.807) is 28.7 Å². The average molecular weight is 553 g/mol. The largest absolute Gasteiger partial charge is 0.399 e. The summed E-state index contributed by atoms with van der Waals surface area (Å²) in [6, 6.07) is 17.1. The van der Waals surface area contributed by atoms with Crippen LogP contribution in [0.1, 0.15) is 35.6 Å². The van der Waals surface area contributed by atoms with Crippen molar-refractivity contribution in [3.05, 3.63) is 77.6 Å². The van der Waals surface area contributed by atoms with E-state index in [2.05, 4.69) is 16.0 Å². The Labute approximate surface area is 223 Å². The molecule has 0 saturated carbocycles. The van der Waals surface area contributed by atoms with E-state index in [9.17, 15) is 16.8 Å². The molecule has 3 N–H and O–H groups in total. The number of aromatic nitrogens is 2. The molecule has 10 heteroatoms. The summed E-state index contributed by atoms with van der Waals surface area (Å²) in [7, 11) is -6.44. The fourth-order valence-corrected chi connectivity index (χ4v) is 6.84. The van der Waals surface area contributed by atoms with Crippen molar-refractivity contribution < 1.29 is 16.8 Å². The van der Waals surface area contributed by atoms with Gasteiger partial charge in [-0.2, -0.15) is 0 Å². The molecule has 0 spiro atoms. The summed E-state index contributed by atoms with van der Waals surface area (Å²) in [6.07, 6.45) is 7.18. The highest BCUT2D eigenvalue weighted by molar-refractivity contribution is 7.90. The van der Waals surface area contributed by atoms with Crippen LogP contribution in [0, 0.1) is 0 Å². The van der Waals surface area contributed by atoms with E-state index >= 15 is 0 Å². The Morgan fingerprint density at radius 3 is 2.42 bits per heavy atom. The number of aryl methyl sites for hydroxylation is 2. The molecule has 0 radical (unpaired) electrons. The van der Waals surface area contributed by atoms with Crippen LogP contribution in [0.4, 0.5) is 5.69 Å². The first-order chi connectivity index (χ1) is 18.0. The molecule has 0 aliphatic carbocycles. The van der Waals surface area contributed by atoms with E-state index in [1.807, 2.05) is 30.3 Å². The van der Waals surface area contributed by atoms with Crippen molar-refractivity contribution in [2.45, 2.75) is 36.5 Å². The first kappa shape index (κ1) is 26.4. The van der Waals surface area contributed by atoms with Crippen molar-refractivity contribution in [3.63, 3.8) is 0 Å². The predicted octanol–water partition coefficient (Wildman–Crippen LogP) is 4.14. The van der Waals surface area contributed by atoms with Crippen molar-refractivity contribution in [1.29, 1.82) is 0 Å². The van der Waals surface area contributed by atoms with Gasteiger partial charge in [-0.3, -0.25) is 0 Å². The van der Waals surface area contributed by atoms with E-state index in [1.165, 1.54) is 12.5 Å². The molecule has 0 unspecified atom stereocenters. The number of aromatic amines is 1. The maximum atomic E-state index is 12.0.